The molecule has 1 heterocycles. The average molecular weight is 293 g/mol. The van der Waals surface area contributed by atoms with Crippen LogP contribution in [0.3, 0.4) is 0 Å². The lowest BCUT2D eigenvalue weighted by Crippen LogP contribution is -2.27. The van der Waals surface area contributed by atoms with Gasteiger partial charge in [-0.2, -0.15) is 10.5 Å². The molecule has 0 atom stereocenters. The molecule has 2 aromatic rings. The summed E-state index contributed by atoms with van der Waals surface area (Å²) >= 11 is 0. The highest BCUT2D eigenvalue weighted by atomic mass is 16.5. The highest BCUT2D eigenvalue weighted by Crippen LogP contribution is 2.11. The Morgan fingerprint density at radius 3 is 2.41 bits per heavy atom. The number of hydrogen-bond acceptors (Lipinski definition) is 4. The van der Waals surface area contributed by atoms with Crippen LogP contribution in [-0.4, -0.2) is 11.7 Å². The number of benzene rings is 1. The zero-order valence-corrected chi connectivity index (χ0v) is 12.5. The number of nitriles is 2. The van der Waals surface area contributed by atoms with Gasteiger partial charge in [-0.15, -0.1) is 0 Å². The highest BCUT2D eigenvalue weighted by molar-refractivity contribution is 5.38. The van der Waals surface area contributed by atoms with Crippen LogP contribution in [0.2, 0.25) is 0 Å². The van der Waals surface area contributed by atoms with Crippen molar-refractivity contribution >= 4 is 0 Å². The molecular formula is C17H15N3O2. The van der Waals surface area contributed by atoms with Crippen molar-refractivity contribution in [2.24, 2.45) is 0 Å². The van der Waals surface area contributed by atoms with Crippen molar-refractivity contribution < 1.29 is 4.74 Å². The van der Waals surface area contributed by atoms with Crippen LogP contribution >= 0.6 is 0 Å². The smallest absolute Gasteiger partial charge is 0.269 e. The average Bonchev–Trinajstić information content (AvgIpc) is 2.52. The van der Waals surface area contributed by atoms with E-state index in [-0.39, 0.29) is 17.7 Å². The van der Waals surface area contributed by atoms with Gasteiger partial charge in [-0.25, -0.2) is 0 Å². The second-order valence-electron chi connectivity index (χ2n) is 4.93. The van der Waals surface area contributed by atoms with Gasteiger partial charge in [0.1, 0.15) is 11.6 Å². The quantitative estimate of drug-likeness (QED) is 0.864. The second kappa shape index (κ2) is 6.71. The lowest BCUT2D eigenvalue weighted by Gasteiger charge is -2.13. The van der Waals surface area contributed by atoms with Crippen molar-refractivity contribution in [3.8, 4) is 12.1 Å². The lowest BCUT2D eigenvalue weighted by atomic mass is 10.1. The van der Waals surface area contributed by atoms with E-state index < -0.39 is 0 Å². The van der Waals surface area contributed by atoms with Crippen molar-refractivity contribution in [3.05, 3.63) is 68.6 Å². The summed E-state index contributed by atoms with van der Waals surface area (Å²) in [5.74, 6) is 0. The van der Waals surface area contributed by atoms with Gasteiger partial charge in [-0.05, 0) is 30.7 Å². The predicted octanol–water partition coefficient (Wildman–Crippen LogP) is 2.09. The van der Waals surface area contributed by atoms with Crippen LogP contribution in [0.25, 0.3) is 0 Å². The van der Waals surface area contributed by atoms with E-state index in [0.29, 0.717) is 17.7 Å². The summed E-state index contributed by atoms with van der Waals surface area (Å²) in [5, 5.41) is 18.0. The maximum Gasteiger partial charge on any atom is 0.269 e. The molecule has 0 radical (unpaired) electrons. The van der Waals surface area contributed by atoms with Crippen molar-refractivity contribution in [1.82, 2.24) is 4.57 Å². The van der Waals surface area contributed by atoms with Gasteiger partial charge in [0.2, 0.25) is 0 Å². The zero-order valence-electron chi connectivity index (χ0n) is 12.5. The molecule has 5 nitrogen and oxygen atoms in total. The summed E-state index contributed by atoms with van der Waals surface area (Å²) in [7, 11) is 1.53. The van der Waals surface area contributed by atoms with Crippen molar-refractivity contribution in [1.29, 1.82) is 10.5 Å². The van der Waals surface area contributed by atoms with E-state index in [4.69, 9.17) is 10.00 Å². The first kappa shape index (κ1) is 15.5. The molecule has 22 heavy (non-hydrogen) atoms. The van der Waals surface area contributed by atoms with Gasteiger partial charge in [0.05, 0.1) is 24.8 Å². The standard InChI is InChI=1S/C17H15N3O2/c1-12-7-15(11-22-2)16(9-19)17(21)20(12)10-14-5-3-13(8-18)4-6-14/h3-7H,10-11H2,1-2H3. The fourth-order valence-corrected chi connectivity index (χ4v) is 2.29. The molecule has 0 bridgehead atoms. The van der Waals surface area contributed by atoms with Crippen LogP contribution in [0.4, 0.5) is 0 Å². The molecule has 0 unspecified atom stereocenters. The number of aryl methyl sites for hydroxylation is 1. The molecule has 0 aliphatic rings. The lowest BCUT2D eigenvalue weighted by molar-refractivity contribution is 0.184. The molecule has 1 aromatic heterocycles. The molecule has 1 aromatic carbocycles. The van der Waals surface area contributed by atoms with Crippen LogP contribution in [0, 0.1) is 29.6 Å². The predicted molar refractivity (Wildman–Crippen MR) is 81.1 cm³/mol. The highest BCUT2D eigenvalue weighted by Gasteiger charge is 2.13. The topological polar surface area (TPSA) is 78.8 Å². The molecular weight excluding hydrogens is 278 g/mol. The summed E-state index contributed by atoms with van der Waals surface area (Å²) < 4.78 is 6.59. The van der Waals surface area contributed by atoms with Crippen LogP contribution in [-0.2, 0) is 17.9 Å². The first-order chi connectivity index (χ1) is 10.6. The number of ether oxygens (including phenoxy) is 1. The maximum absolute atomic E-state index is 12.5. The summed E-state index contributed by atoms with van der Waals surface area (Å²) in [4.78, 5) is 12.5. The maximum atomic E-state index is 12.5. The van der Waals surface area contributed by atoms with Gasteiger partial charge in [-0.3, -0.25) is 4.79 Å². The van der Waals surface area contributed by atoms with Gasteiger partial charge in [0.25, 0.3) is 5.56 Å². The van der Waals surface area contributed by atoms with Crippen LogP contribution in [0.1, 0.15) is 27.9 Å². The molecule has 2 rings (SSSR count). The Labute approximate surface area is 128 Å². The molecule has 0 saturated carbocycles. The SMILES string of the molecule is COCc1cc(C)n(Cc2ccc(C#N)cc2)c(=O)c1C#N. The van der Waals surface area contributed by atoms with E-state index in [0.717, 1.165) is 11.3 Å². The molecule has 0 amide bonds. The molecule has 0 spiro atoms. The fraction of sp³-hybridized carbons (Fsp3) is 0.235. The van der Waals surface area contributed by atoms with E-state index in [1.807, 2.05) is 13.0 Å². The summed E-state index contributed by atoms with van der Waals surface area (Å²) in [5.41, 5.74) is 2.62. The minimum atomic E-state index is -0.320. The van der Waals surface area contributed by atoms with Crippen molar-refractivity contribution in [2.75, 3.05) is 7.11 Å². The zero-order chi connectivity index (χ0) is 16.1. The summed E-state index contributed by atoms with van der Waals surface area (Å²) in [6, 6.07) is 12.8. The van der Waals surface area contributed by atoms with Gasteiger partial charge in [-0.1, -0.05) is 12.1 Å². The van der Waals surface area contributed by atoms with Crippen LogP contribution in [0.15, 0.2) is 35.1 Å². The van der Waals surface area contributed by atoms with Crippen molar-refractivity contribution in [3.63, 3.8) is 0 Å². The summed E-state index contributed by atoms with van der Waals surface area (Å²) in [6.07, 6.45) is 0. The molecule has 0 saturated heterocycles. The number of nitrogens with zero attached hydrogens (tertiary/aromatic N) is 3. The Morgan fingerprint density at radius 2 is 1.86 bits per heavy atom. The molecule has 5 heteroatoms. The third-order valence-electron chi connectivity index (χ3n) is 3.42. The number of hydrogen-bond donors (Lipinski definition) is 0. The van der Waals surface area contributed by atoms with E-state index in [2.05, 4.69) is 6.07 Å². The number of methoxy groups -OCH3 is 1. The van der Waals surface area contributed by atoms with E-state index in [9.17, 15) is 10.1 Å². The minimum Gasteiger partial charge on any atom is -0.380 e. The largest absolute Gasteiger partial charge is 0.380 e. The van der Waals surface area contributed by atoms with E-state index in [1.165, 1.54) is 7.11 Å². The Balaban J connectivity index is 2.45. The van der Waals surface area contributed by atoms with Crippen LogP contribution < -0.4 is 5.56 Å². The Bertz CT molecular complexity index is 821. The Hall–Kier alpha value is -2.89. The third-order valence-corrected chi connectivity index (χ3v) is 3.42. The first-order valence-electron chi connectivity index (χ1n) is 6.72. The molecule has 0 N–H and O–H groups in total. The Morgan fingerprint density at radius 1 is 1.18 bits per heavy atom. The number of pyridine rings is 1. The number of aromatic nitrogens is 1. The normalized spacial score (nSPS) is 10.0. The molecule has 0 aliphatic heterocycles. The Kier molecular flexibility index (Phi) is 4.73. The fourth-order valence-electron chi connectivity index (χ4n) is 2.29. The van der Waals surface area contributed by atoms with Gasteiger partial charge in [0, 0.05) is 18.4 Å². The van der Waals surface area contributed by atoms with E-state index >= 15 is 0 Å². The van der Waals surface area contributed by atoms with Crippen LogP contribution in [0.5, 0.6) is 0 Å². The molecule has 0 aliphatic carbocycles. The molecule has 110 valence electrons. The summed E-state index contributed by atoms with van der Waals surface area (Å²) in [6.45, 7) is 2.42. The molecule has 0 fully saturated rings. The monoisotopic (exact) mass is 293 g/mol. The van der Waals surface area contributed by atoms with Gasteiger partial charge < -0.3 is 9.30 Å². The second-order valence-corrected chi connectivity index (χ2v) is 4.93. The number of rotatable bonds is 4. The van der Waals surface area contributed by atoms with Gasteiger partial charge in [0.15, 0.2) is 0 Å². The first-order valence-corrected chi connectivity index (χ1v) is 6.72. The minimum absolute atomic E-state index is 0.112. The van der Waals surface area contributed by atoms with Crippen molar-refractivity contribution in [2.45, 2.75) is 20.1 Å². The van der Waals surface area contributed by atoms with E-state index in [1.54, 1.807) is 34.9 Å². The van der Waals surface area contributed by atoms with Gasteiger partial charge >= 0.3 is 0 Å². The third kappa shape index (κ3) is 3.06.